The van der Waals surface area contributed by atoms with Crippen molar-refractivity contribution in [1.29, 1.82) is 0 Å². The van der Waals surface area contributed by atoms with Gasteiger partial charge < -0.3 is 0 Å². The molecule has 4 nitrogen and oxygen atoms in total. The highest BCUT2D eigenvalue weighted by atomic mass is 32.2. The molecule has 1 aromatic rings. The molecule has 0 aliphatic carbocycles. The second kappa shape index (κ2) is 4.20. The fourth-order valence-corrected chi connectivity index (χ4v) is 4.79. The quantitative estimate of drug-likeness (QED) is 0.845. The monoisotopic (exact) mass is 286 g/mol. The van der Waals surface area contributed by atoms with Crippen molar-refractivity contribution in [2.75, 3.05) is 11.5 Å². The summed E-state index contributed by atoms with van der Waals surface area (Å²) in [4.78, 5) is 0.242. The maximum Gasteiger partial charge on any atom is 0.201 e. The standard InChI is InChI=1S/C12H14O4S2/c1-3-17(13,14)7-10-8-18(15,16)12-9(2)5-4-6-11(10)12/h4-6,8H,3,7H2,1-2H3. The Morgan fingerprint density at radius 3 is 2.50 bits per heavy atom. The van der Waals surface area contributed by atoms with Gasteiger partial charge in [-0.25, -0.2) is 16.8 Å². The van der Waals surface area contributed by atoms with Gasteiger partial charge >= 0.3 is 0 Å². The van der Waals surface area contributed by atoms with Crippen molar-refractivity contribution in [2.24, 2.45) is 0 Å². The van der Waals surface area contributed by atoms with Gasteiger partial charge in [-0.15, -0.1) is 0 Å². The van der Waals surface area contributed by atoms with Crippen LogP contribution in [0, 0.1) is 6.92 Å². The van der Waals surface area contributed by atoms with E-state index in [1.165, 1.54) is 0 Å². The van der Waals surface area contributed by atoms with Gasteiger partial charge in [-0.2, -0.15) is 0 Å². The first-order valence-electron chi connectivity index (χ1n) is 5.53. The van der Waals surface area contributed by atoms with E-state index in [1.807, 2.05) is 0 Å². The van der Waals surface area contributed by atoms with Crippen LogP contribution in [0.4, 0.5) is 0 Å². The van der Waals surface area contributed by atoms with Gasteiger partial charge in [0.25, 0.3) is 0 Å². The van der Waals surface area contributed by atoms with Gasteiger partial charge in [-0.3, -0.25) is 0 Å². The molecule has 0 saturated heterocycles. The number of aryl methyl sites for hydroxylation is 1. The summed E-state index contributed by atoms with van der Waals surface area (Å²) in [6, 6.07) is 5.10. The molecule has 2 rings (SSSR count). The first kappa shape index (κ1) is 13.3. The fourth-order valence-electron chi connectivity index (χ4n) is 2.04. The van der Waals surface area contributed by atoms with Gasteiger partial charge in [0.05, 0.1) is 10.6 Å². The Morgan fingerprint density at radius 1 is 1.22 bits per heavy atom. The summed E-state index contributed by atoms with van der Waals surface area (Å²) in [5, 5.41) is 1.08. The molecular weight excluding hydrogens is 272 g/mol. The Kier molecular flexibility index (Phi) is 3.11. The minimum atomic E-state index is -3.49. The molecule has 98 valence electrons. The zero-order valence-corrected chi connectivity index (χ0v) is 11.8. The second-order valence-corrected chi connectivity index (χ2v) is 8.40. The summed E-state index contributed by atoms with van der Waals surface area (Å²) >= 11 is 0. The van der Waals surface area contributed by atoms with Gasteiger partial charge in [-0.05, 0) is 23.6 Å². The largest absolute Gasteiger partial charge is 0.229 e. The van der Waals surface area contributed by atoms with Crippen LogP contribution >= 0.6 is 0 Å². The molecule has 0 bridgehead atoms. The van der Waals surface area contributed by atoms with Gasteiger partial charge in [-0.1, -0.05) is 25.1 Å². The first-order valence-corrected chi connectivity index (χ1v) is 8.89. The maximum absolute atomic E-state index is 12.0. The predicted octanol–water partition coefficient (Wildman–Crippen LogP) is 1.56. The van der Waals surface area contributed by atoms with E-state index in [4.69, 9.17) is 0 Å². The summed E-state index contributed by atoms with van der Waals surface area (Å²) in [6.07, 6.45) is 0. The van der Waals surface area contributed by atoms with Gasteiger partial charge in [0, 0.05) is 11.2 Å². The van der Waals surface area contributed by atoms with Crippen LogP contribution in [0.2, 0.25) is 0 Å². The fraction of sp³-hybridized carbons (Fsp3) is 0.333. The molecule has 0 radical (unpaired) electrons. The van der Waals surface area contributed by atoms with Crippen molar-refractivity contribution in [1.82, 2.24) is 0 Å². The molecule has 0 spiro atoms. The summed E-state index contributed by atoms with van der Waals surface area (Å²) < 4.78 is 47.2. The molecule has 18 heavy (non-hydrogen) atoms. The van der Waals surface area contributed by atoms with Crippen molar-refractivity contribution >= 4 is 25.2 Å². The summed E-state index contributed by atoms with van der Waals surface area (Å²) in [5.41, 5.74) is 1.54. The average molecular weight is 286 g/mol. The molecule has 0 amide bonds. The summed E-state index contributed by atoms with van der Waals surface area (Å²) in [5.74, 6) is -0.218. The van der Waals surface area contributed by atoms with Crippen molar-refractivity contribution in [3.05, 3.63) is 34.7 Å². The third kappa shape index (κ3) is 2.22. The van der Waals surface area contributed by atoms with E-state index in [0.717, 1.165) is 5.41 Å². The molecule has 1 heterocycles. The number of hydrogen-bond donors (Lipinski definition) is 0. The normalized spacial score (nSPS) is 17.3. The highest BCUT2D eigenvalue weighted by Crippen LogP contribution is 2.36. The number of benzene rings is 1. The molecule has 1 aliphatic rings. The van der Waals surface area contributed by atoms with Gasteiger partial charge in [0.2, 0.25) is 9.84 Å². The third-order valence-electron chi connectivity index (χ3n) is 2.96. The topological polar surface area (TPSA) is 68.3 Å². The van der Waals surface area contributed by atoms with Crippen molar-refractivity contribution in [2.45, 2.75) is 18.7 Å². The van der Waals surface area contributed by atoms with E-state index in [2.05, 4.69) is 0 Å². The zero-order valence-electron chi connectivity index (χ0n) is 10.2. The molecule has 1 aromatic carbocycles. The van der Waals surface area contributed by atoms with E-state index >= 15 is 0 Å². The van der Waals surface area contributed by atoms with Crippen LogP contribution in [0.25, 0.3) is 5.57 Å². The van der Waals surface area contributed by atoms with Crippen molar-refractivity contribution in [3.8, 4) is 0 Å². The van der Waals surface area contributed by atoms with E-state index in [-0.39, 0.29) is 16.4 Å². The molecule has 0 aromatic heterocycles. The molecule has 0 atom stereocenters. The Balaban J connectivity index is 2.60. The number of hydrogen-bond acceptors (Lipinski definition) is 4. The van der Waals surface area contributed by atoms with Crippen LogP contribution in [0.1, 0.15) is 18.1 Å². The minimum absolute atomic E-state index is 0.00549. The molecule has 0 fully saturated rings. The molecule has 0 N–H and O–H groups in total. The van der Waals surface area contributed by atoms with E-state index in [0.29, 0.717) is 16.7 Å². The maximum atomic E-state index is 12.0. The van der Waals surface area contributed by atoms with E-state index in [9.17, 15) is 16.8 Å². The number of sulfone groups is 2. The highest BCUT2D eigenvalue weighted by molar-refractivity contribution is 7.95. The van der Waals surface area contributed by atoms with E-state index < -0.39 is 19.7 Å². The van der Waals surface area contributed by atoms with Crippen LogP contribution in [-0.4, -0.2) is 28.3 Å². The Morgan fingerprint density at radius 2 is 1.89 bits per heavy atom. The Bertz CT molecular complexity index is 725. The Labute approximate surface area is 107 Å². The summed E-state index contributed by atoms with van der Waals surface area (Å²) in [6.45, 7) is 3.26. The van der Waals surface area contributed by atoms with E-state index in [1.54, 1.807) is 32.0 Å². The van der Waals surface area contributed by atoms with Crippen molar-refractivity contribution < 1.29 is 16.8 Å². The lowest BCUT2D eigenvalue weighted by Crippen LogP contribution is -2.09. The smallest absolute Gasteiger partial charge is 0.201 e. The second-order valence-electron chi connectivity index (χ2n) is 4.32. The molecule has 6 heteroatoms. The summed E-state index contributed by atoms with van der Waals surface area (Å²) in [7, 11) is -6.73. The molecule has 0 unspecified atom stereocenters. The lowest BCUT2D eigenvalue weighted by Gasteiger charge is -2.06. The Hall–Kier alpha value is -1.14. The third-order valence-corrected chi connectivity index (χ3v) is 6.29. The van der Waals surface area contributed by atoms with Crippen LogP contribution in [0.3, 0.4) is 0 Å². The van der Waals surface area contributed by atoms with Gasteiger partial charge in [0.1, 0.15) is 0 Å². The molecule has 1 aliphatic heterocycles. The average Bonchev–Trinajstić information content (AvgIpc) is 2.51. The number of fused-ring (bicyclic) bond motifs is 1. The van der Waals surface area contributed by atoms with Crippen LogP contribution in [-0.2, 0) is 19.7 Å². The SMILES string of the molecule is CCS(=O)(=O)CC1=CS(=O)(=O)c2c(C)cccc21. The molecular formula is C12H14O4S2. The van der Waals surface area contributed by atoms with Crippen molar-refractivity contribution in [3.63, 3.8) is 0 Å². The lowest BCUT2D eigenvalue weighted by molar-refractivity contribution is 0.600. The minimum Gasteiger partial charge on any atom is -0.229 e. The van der Waals surface area contributed by atoms with Crippen LogP contribution in [0.15, 0.2) is 28.5 Å². The predicted molar refractivity (Wildman–Crippen MR) is 70.7 cm³/mol. The van der Waals surface area contributed by atoms with Gasteiger partial charge in [0.15, 0.2) is 9.84 Å². The van der Waals surface area contributed by atoms with Crippen LogP contribution < -0.4 is 0 Å². The number of rotatable bonds is 3. The lowest BCUT2D eigenvalue weighted by atomic mass is 10.1. The first-order chi connectivity index (χ1) is 8.27. The van der Waals surface area contributed by atoms with Crippen LogP contribution in [0.5, 0.6) is 0 Å². The highest BCUT2D eigenvalue weighted by Gasteiger charge is 2.30. The molecule has 0 saturated carbocycles. The zero-order chi connectivity index (χ0) is 13.6.